The van der Waals surface area contributed by atoms with Crippen LogP contribution in [0.3, 0.4) is 0 Å². The summed E-state index contributed by atoms with van der Waals surface area (Å²) in [4.78, 5) is 0. The fraction of sp³-hybridized carbons (Fsp3) is 1.00. The molecule has 0 saturated heterocycles. The molecule has 110 valence electrons. The summed E-state index contributed by atoms with van der Waals surface area (Å²) in [6.45, 7) is 8.48. The Bertz CT molecular complexity index is 182. The highest BCUT2D eigenvalue weighted by Gasteiger charge is 2.36. The number of rotatable bonds is 12. The van der Waals surface area contributed by atoms with Crippen LogP contribution in [0, 0.1) is 5.92 Å². The fourth-order valence-electron chi connectivity index (χ4n) is 1.68. The number of nitrogens with one attached hydrogen (secondary N) is 2. The fourth-order valence-corrected chi connectivity index (χ4v) is 3.40. The minimum absolute atomic E-state index is 0.710. The van der Waals surface area contributed by atoms with Gasteiger partial charge in [-0.25, -0.2) is 0 Å². The smallest absolute Gasteiger partial charge is 0.377 e. The van der Waals surface area contributed by atoms with E-state index >= 15 is 0 Å². The maximum atomic E-state index is 5.36. The molecule has 0 aromatic carbocycles. The molecule has 0 amide bonds. The van der Waals surface area contributed by atoms with Crippen molar-refractivity contribution in [3.63, 3.8) is 0 Å². The third kappa shape index (κ3) is 8.18. The first-order valence-corrected chi connectivity index (χ1v) is 8.60. The van der Waals surface area contributed by atoms with Gasteiger partial charge in [0, 0.05) is 40.5 Å². The van der Waals surface area contributed by atoms with Gasteiger partial charge in [0.1, 0.15) is 0 Å². The van der Waals surface area contributed by atoms with E-state index in [-0.39, 0.29) is 0 Å². The summed E-state index contributed by atoms with van der Waals surface area (Å²) in [5, 5.41) is 6.79. The van der Waals surface area contributed by atoms with E-state index in [1.54, 1.807) is 21.3 Å². The Labute approximate surface area is 113 Å². The molecule has 0 radical (unpaired) electrons. The van der Waals surface area contributed by atoms with E-state index in [9.17, 15) is 0 Å². The first-order chi connectivity index (χ1) is 8.60. The van der Waals surface area contributed by atoms with Crippen LogP contribution in [0.2, 0.25) is 6.04 Å². The first-order valence-electron chi connectivity index (χ1n) is 6.67. The molecule has 6 heteroatoms. The zero-order valence-corrected chi connectivity index (χ0v) is 13.5. The first kappa shape index (κ1) is 18.0. The van der Waals surface area contributed by atoms with Crippen molar-refractivity contribution in [2.24, 2.45) is 5.92 Å². The molecule has 0 aromatic rings. The molecule has 0 aromatic heterocycles. The molecule has 2 N–H and O–H groups in total. The summed E-state index contributed by atoms with van der Waals surface area (Å²) < 4.78 is 16.1. The van der Waals surface area contributed by atoms with Crippen LogP contribution in [0.4, 0.5) is 0 Å². The molecule has 0 saturated carbocycles. The van der Waals surface area contributed by atoms with Gasteiger partial charge in [-0.05, 0) is 25.4 Å². The van der Waals surface area contributed by atoms with Gasteiger partial charge in [-0.15, -0.1) is 0 Å². The minimum Gasteiger partial charge on any atom is -0.377 e. The van der Waals surface area contributed by atoms with Gasteiger partial charge < -0.3 is 23.9 Å². The summed E-state index contributed by atoms with van der Waals surface area (Å²) in [7, 11) is 2.60. The number of hydrogen-bond acceptors (Lipinski definition) is 5. The average Bonchev–Trinajstić information content (AvgIpc) is 2.38. The van der Waals surface area contributed by atoms with Crippen molar-refractivity contribution >= 4 is 8.80 Å². The van der Waals surface area contributed by atoms with Gasteiger partial charge in [0.15, 0.2) is 0 Å². The van der Waals surface area contributed by atoms with Gasteiger partial charge in [-0.2, -0.15) is 0 Å². The lowest BCUT2D eigenvalue weighted by Crippen LogP contribution is -2.43. The van der Waals surface area contributed by atoms with Crippen LogP contribution >= 0.6 is 0 Å². The normalized spacial score (nSPS) is 12.3. The van der Waals surface area contributed by atoms with E-state index in [0.717, 1.165) is 38.6 Å². The summed E-state index contributed by atoms with van der Waals surface area (Å²) in [6.07, 6.45) is 1.01. The standard InChI is InChI=1S/C12H30N2O3Si/c1-12(2)11-14-9-8-13-7-6-10-18(15-3,16-4)17-5/h12-14H,6-11H2,1-5H3. The highest BCUT2D eigenvalue weighted by molar-refractivity contribution is 6.60. The predicted octanol–water partition coefficient (Wildman–Crippen LogP) is 1.09. The molecule has 0 aliphatic carbocycles. The summed E-state index contributed by atoms with van der Waals surface area (Å²) in [6, 6.07) is 0.850. The lowest BCUT2D eigenvalue weighted by molar-refractivity contribution is 0.123. The highest BCUT2D eigenvalue weighted by atomic mass is 28.4. The van der Waals surface area contributed by atoms with Gasteiger partial charge in [0.05, 0.1) is 0 Å². The topological polar surface area (TPSA) is 51.8 Å². The van der Waals surface area contributed by atoms with E-state index < -0.39 is 8.80 Å². The molecule has 0 aliphatic heterocycles. The molecular weight excluding hydrogens is 248 g/mol. The second-order valence-corrected chi connectivity index (χ2v) is 7.84. The Kier molecular flexibility index (Phi) is 10.9. The Hall–Kier alpha value is 0.0169. The molecule has 0 bridgehead atoms. The van der Waals surface area contributed by atoms with Crippen LogP contribution in [0.5, 0.6) is 0 Å². The predicted molar refractivity (Wildman–Crippen MR) is 76.8 cm³/mol. The maximum absolute atomic E-state index is 5.36. The van der Waals surface area contributed by atoms with Gasteiger partial charge >= 0.3 is 8.80 Å². The number of hydrogen-bond donors (Lipinski definition) is 2. The Morgan fingerprint density at radius 2 is 1.44 bits per heavy atom. The van der Waals surface area contributed by atoms with E-state index in [1.165, 1.54) is 0 Å². The molecule has 0 unspecified atom stereocenters. The van der Waals surface area contributed by atoms with Gasteiger partial charge in [-0.3, -0.25) is 0 Å². The molecule has 0 fully saturated rings. The Balaban J connectivity index is 3.44. The van der Waals surface area contributed by atoms with Crippen molar-refractivity contribution < 1.29 is 13.3 Å². The second-order valence-electron chi connectivity index (χ2n) is 4.75. The molecule has 0 rings (SSSR count). The Morgan fingerprint density at radius 3 is 1.94 bits per heavy atom. The van der Waals surface area contributed by atoms with E-state index in [2.05, 4.69) is 24.5 Å². The van der Waals surface area contributed by atoms with Gasteiger partial charge in [0.2, 0.25) is 0 Å². The largest absolute Gasteiger partial charge is 0.500 e. The SMILES string of the molecule is CO[Si](CCCNCCNCC(C)C)(OC)OC. The van der Waals surface area contributed by atoms with Crippen LogP contribution in [-0.4, -0.2) is 56.3 Å². The van der Waals surface area contributed by atoms with Crippen LogP contribution in [0.15, 0.2) is 0 Å². The quantitative estimate of drug-likeness (QED) is 0.413. The molecule has 0 heterocycles. The van der Waals surface area contributed by atoms with Crippen LogP contribution in [-0.2, 0) is 13.3 Å². The van der Waals surface area contributed by atoms with Crippen molar-refractivity contribution in [1.82, 2.24) is 10.6 Å². The minimum atomic E-state index is -2.36. The van der Waals surface area contributed by atoms with E-state index in [1.807, 2.05) is 0 Å². The van der Waals surface area contributed by atoms with Crippen LogP contribution < -0.4 is 10.6 Å². The van der Waals surface area contributed by atoms with Gasteiger partial charge in [0.25, 0.3) is 0 Å². The summed E-state index contributed by atoms with van der Waals surface area (Å²) in [5.74, 6) is 0.710. The molecule has 5 nitrogen and oxygen atoms in total. The highest BCUT2D eigenvalue weighted by Crippen LogP contribution is 2.14. The van der Waals surface area contributed by atoms with E-state index in [0.29, 0.717) is 5.92 Å². The van der Waals surface area contributed by atoms with Crippen molar-refractivity contribution in [3.8, 4) is 0 Å². The van der Waals surface area contributed by atoms with Gasteiger partial charge in [-0.1, -0.05) is 13.8 Å². The third-order valence-electron chi connectivity index (χ3n) is 2.80. The zero-order valence-electron chi connectivity index (χ0n) is 12.5. The summed E-state index contributed by atoms with van der Waals surface area (Å²) in [5.41, 5.74) is 0. The molecule has 0 spiro atoms. The zero-order chi connectivity index (χ0) is 13.9. The monoisotopic (exact) mass is 278 g/mol. The molecule has 18 heavy (non-hydrogen) atoms. The average molecular weight is 278 g/mol. The molecular formula is C12H30N2O3Si. The van der Waals surface area contributed by atoms with Crippen molar-refractivity contribution in [2.75, 3.05) is 47.5 Å². The lowest BCUT2D eigenvalue weighted by atomic mass is 10.2. The Morgan fingerprint density at radius 1 is 0.889 bits per heavy atom. The van der Waals surface area contributed by atoms with E-state index in [4.69, 9.17) is 13.3 Å². The van der Waals surface area contributed by atoms with Crippen molar-refractivity contribution in [1.29, 1.82) is 0 Å². The molecule has 0 aliphatic rings. The third-order valence-corrected chi connectivity index (χ3v) is 5.63. The maximum Gasteiger partial charge on any atom is 0.500 e. The lowest BCUT2D eigenvalue weighted by Gasteiger charge is -2.24. The van der Waals surface area contributed by atoms with Crippen molar-refractivity contribution in [2.45, 2.75) is 26.3 Å². The summed E-state index contributed by atoms with van der Waals surface area (Å²) >= 11 is 0. The second kappa shape index (κ2) is 10.9. The molecule has 0 atom stereocenters. The van der Waals surface area contributed by atoms with Crippen LogP contribution in [0.25, 0.3) is 0 Å². The van der Waals surface area contributed by atoms with Crippen molar-refractivity contribution in [3.05, 3.63) is 0 Å². The van der Waals surface area contributed by atoms with Crippen LogP contribution in [0.1, 0.15) is 20.3 Å².